The van der Waals surface area contributed by atoms with Crippen LogP contribution < -0.4 is 20.0 Å². The molecule has 13 aromatic rings. The minimum Gasteiger partial charge on any atom is -0.478 e. The lowest BCUT2D eigenvalue weighted by Gasteiger charge is -2.37. The highest BCUT2D eigenvalue weighted by atomic mass is 35.5. The second-order valence-electron chi connectivity index (χ2n) is 25.6. The molecule has 23 nitrogen and oxygen atoms in total. The molecule has 7 aromatic carbocycles. The number of carbonyl (C=O) groups excluding carboxylic acids is 2. The van der Waals surface area contributed by atoms with E-state index in [2.05, 4.69) is 94.5 Å². The number of fused-ring (bicyclic) bond motifs is 6. The van der Waals surface area contributed by atoms with Crippen LogP contribution in [0, 0.1) is 13.8 Å². The number of H-pyrrole nitrogens is 5. The normalized spacial score (nSPS) is 14.1. The van der Waals surface area contributed by atoms with E-state index >= 15 is 0 Å². The van der Waals surface area contributed by atoms with Crippen molar-refractivity contribution in [2.45, 2.75) is 83.3 Å². The van der Waals surface area contributed by atoms with Crippen LogP contribution in [0.1, 0.15) is 72.7 Å². The fourth-order valence-electron chi connectivity index (χ4n) is 13.5. The third-order valence-corrected chi connectivity index (χ3v) is 21.1. The molecular formula is C73H74Cl5N17O6S. The van der Waals surface area contributed by atoms with Gasteiger partial charge in [-0.05, 0) is 146 Å². The van der Waals surface area contributed by atoms with Crippen LogP contribution in [0.4, 0.5) is 17.1 Å². The molecule has 0 radical (unpaired) electrons. The third kappa shape index (κ3) is 16.3. The number of carbonyl (C=O) groups is 3. The number of aryl methyl sites for hydroxylation is 2. The van der Waals surface area contributed by atoms with Gasteiger partial charge in [0.1, 0.15) is 5.82 Å². The number of aromatic nitrogens is 12. The molecule has 0 bridgehead atoms. The average molecular weight is 1490 g/mol. The summed E-state index contributed by atoms with van der Waals surface area (Å²) in [5, 5.41) is 55.5. The number of carboxylic acid groups (broad SMARTS) is 1. The predicted octanol–water partition coefficient (Wildman–Crippen LogP) is 15.0. The molecule has 0 aliphatic carbocycles. The SMILES string of the molecule is CC(=O)N(C)C1CCN(c2cc(Cl)cc3[nH]ncc23)CC1.CC(=O)NC1CCN(c2cc(Cl)cc3[nH]ncc23)CC1.Cc1cc(-c2cc(Cl)cc3[nH]ncc23)ccc1S(C)(=O)=O.Cc1nc2c(n1C)CCN(c1cc(Cl)cc3[nH]ncc13)C2.O=C(O)c1ccc(-c2cc(Cl)cc3[nH]ncc23)cc1. The van der Waals surface area contributed by atoms with Gasteiger partial charge in [0, 0.05) is 160 Å². The number of hydrogen-bond acceptors (Lipinski definition) is 14. The molecule has 2 amide bonds. The maximum absolute atomic E-state index is 11.7. The van der Waals surface area contributed by atoms with Crippen molar-refractivity contribution in [3.05, 3.63) is 188 Å². The summed E-state index contributed by atoms with van der Waals surface area (Å²) >= 11 is 30.8. The van der Waals surface area contributed by atoms with Crippen molar-refractivity contribution in [1.29, 1.82) is 0 Å². The monoisotopic (exact) mass is 1490 g/mol. The summed E-state index contributed by atoms with van der Waals surface area (Å²) in [5.41, 5.74) is 15.1. The van der Waals surface area contributed by atoms with E-state index in [0.29, 0.717) is 36.6 Å². The summed E-state index contributed by atoms with van der Waals surface area (Å²) in [6.07, 6.45) is 15.1. The third-order valence-electron chi connectivity index (χ3n) is 18.8. The molecule has 3 aliphatic heterocycles. The molecule has 102 heavy (non-hydrogen) atoms. The van der Waals surface area contributed by atoms with E-state index in [9.17, 15) is 22.8 Å². The first kappa shape index (κ1) is 72.1. The highest BCUT2D eigenvalue weighted by Gasteiger charge is 2.28. The van der Waals surface area contributed by atoms with E-state index in [0.717, 1.165) is 182 Å². The van der Waals surface area contributed by atoms with Crippen LogP contribution in [0.3, 0.4) is 0 Å². The summed E-state index contributed by atoms with van der Waals surface area (Å²) in [6, 6.07) is 31.6. The van der Waals surface area contributed by atoms with Gasteiger partial charge in [0.2, 0.25) is 11.8 Å². The first-order valence-electron chi connectivity index (χ1n) is 32.9. The van der Waals surface area contributed by atoms with Crippen LogP contribution >= 0.6 is 58.0 Å². The molecule has 0 atom stereocenters. The van der Waals surface area contributed by atoms with Crippen LogP contribution in [0.15, 0.2) is 139 Å². The van der Waals surface area contributed by atoms with E-state index in [1.54, 1.807) is 75.6 Å². The topological polar surface area (TPSA) is 292 Å². The molecule has 6 aromatic heterocycles. The van der Waals surface area contributed by atoms with Crippen molar-refractivity contribution in [1.82, 2.24) is 70.8 Å². The minimum atomic E-state index is -3.22. The quantitative estimate of drug-likeness (QED) is 0.0707. The molecular weight excluding hydrogens is 1420 g/mol. The molecule has 2 saturated heterocycles. The van der Waals surface area contributed by atoms with E-state index in [1.165, 1.54) is 11.9 Å². The highest BCUT2D eigenvalue weighted by Crippen LogP contribution is 2.38. The van der Waals surface area contributed by atoms with Gasteiger partial charge in [-0.15, -0.1) is 0 Å². The smallest absolute Gasteiger partial charge is 0.335 e. The number of carboxylic acids is 1. The van der Waals surface area contributed by atoms with E-state index in [1.807, 2.05) is 91.2 Å². The number of aromatic carboxylic acids is 1. The molecule has 0 spiro atoms. The largest absolute Gasteiger partial charge is 0.478 e. The number of sulfone groups is 1. The first-order chi connectivity index (χ1) is 48.8. The molecule has 16 rings (SSSR count). The summed E-state index contributed by atoms with van der Waals surface area (Å²) in [7, 11) is 0.756. The number of anilines is 3. The van der Waals surface area contributed by atoms with Gasteiger partial charge in [-0.3, -0.25) is 35.1 Å². The van der Waals surface area contributed by atoms with Gasteiger partial charge >= 0.3 is 5.97 Å². The molecule has 3 aliphatic rings. The van der Waals surface area contributed by atoms with Gasteiger partial charge in [-0.1, -0.05) is 82.3 Å². The Morgan fingerprint density at radius 3 is 1.39 bits per heavy atom. The van der Waals surface area contributed by atoms with Gasteiger partial charge in [-0.25, -0.2) is 18.2 Å². The van der Waals surface area contributed by atoms with Gasteiger partial charge in [0.25, 0.3) is 0 Å². The van der Waals surface area contributed by atoms with Gasteiger partial charge in [-0.2, -0.15) is 25.5 Å². The molecule has 528 valence electrons. The highest BCUT2D eigenvalue weighted by molar-refractivity contribution is 7.90. The lowest BCUT2D eigenvalue weighted by Crippen LogP contribution is -2.45. The number of nitrogens with zero attached hydrogens (tertiary/aromatic N) is 11. The van der Waals surface area contributed by atoms with Crippen LogP contribution in [0.2, 0.25) is 25.1 Å². The molecule has 9 heterocycles. The van der Waals surface area contributed by atoms with Crippen molar-refractivity contribution in [2.75, 3.05) is 60.7 Å². The molecule has 29 heteroatoms. The van der Waals surface area contributed by atoms with Crippen molar-refractivity contribution in [3.8, 4) is 22.3 Å². The number of imidazole rings is 1. The summed E-state index contributed by atoms with van der Waals surface area (Å²) in [4.78, 5) is 47.2. The Hall–Kier alpha value is -9.69. The predicted molar refractivity (Wildman–Crippen MR) is 407 cm³/mol. The second kappa shape index (κ2) is 30.9. The number of aromatic amines is 5. The zero-order valence-corrected chi connectivity index (χ0v) is 61.4. The second-order valence-corrected chi connectivity index (χ2v) is 29.7. The van der Waals surface area contributed by atoms with Crippen LogP contribution in [-0.2, 0) is 39.4 Å². The lowest BCUT2D eigenvalue weighted by atomic mass is 10.0. The van der Waals surface area contributed by atoms with Crippen molar-refractivity contribution in [3.63, 3.8) is 0 Å². The van der Waals surface area contributed by atoms with Gasteiger partial charge in [0.15, 0.2) is 9.84 Å². The number of hydrogen-bond donors (Lipinski definition) is 7. The van der Waals surface area contributed by atoms with Gasteiger partial charge in [0.05, 0.1) is 81.3 Å². The number of rotatable bonds is 9. The number of halogens is 5. The fraction of sp³-hybridized carbons (Fsp3) is 0.274. The fourth-order valence-corrected chi connectivity index (χ4v) is 15.5. The molecule has 0 unspecified atom stereocenters. The first-order valence-corrected chi connectivity index (χ1v) is 36.7. The van der Waals surface area contributed by atoms with E-state index in [-0.39, 0.29) is 23.4 Å². The summed E-state index contributed by atoms with van der Waals surface area (Å²) in [5.74, 6) is 0.310. The minimum absolute atomic E-state index is 0.0448. The van der Waals surface area contributed by atoms with Crippen LogP contribution in [-0.4, -0.2) is 155 Å². The number of benzene rings is 7. The average Bonchev–Trinajstić information content (AvgIpc) is 1.53. The Morgan fingerprint density at radius 2 is 0.961 bits per heavy atom. The summed E-state index contributed by atoms with van der Waals surface area (Å²) in [6.45, 7) is 12.5. The maximum Gasteiger partial charge on any atom is 0.335 e. The molecule has 7 N–H and O–H groups in total. The van der Waals surface area contributed by atoms with Crippen LogP contribution in [0.25, 0.3) is 76.8 Å². The van der Waals surface area contributed by atoms with Crippen molar-refractivity contribution >= 4 is 157 Å². The molecule has 2 fully saturated rings. The Labute approximate surface area is 612 Å². The van der Waals surface area contributed by atoms with Crippen molar-refractivity contribution < 1.29 is 27.9 Å². The Balaban J connectivity index is 0.000000120. The van der Waals surface area contributed by atoms with E-state index < -0.39 is 15.8 Å². The zero-order valence-electron chi connectivity index (χ0n) is 56.8. The van der Waals surface area contributed by atoms with E-state index in [4.69, 9.17) is 63.1 Å². The Kier molecular flexibility index (Phi) is 21.8. The number of piperidine rings is 2. The maximum atomic E-state index is 11.7. The Bertz CT molecular complexity index is 5360. The number of amides is 2. The van der Waals surface area contributed by atoms with Crippen molar-refractivity contribution in [2.24, 2.45) is 7.05 Å². The number of nitrogens with one attached hydrogen (secondary N) is 6. The zero-order chi connectivity index (χ0) is 72.3. The van der Waals surface area contributed by atoms with Gasteiger partial charge < -0.3 is 34.6 Å². The lowest BCUT2D eigenvalue weighted by molar-refractivity contribution is -0.130. The Morgan fingerprint density at radius 1 is 0.549 bits per heavy atom. The standard InChI is InChI=1S/C15H16ClN5.C15H19ClN4O.C15H13ClN2O2S.C14H17ClN4O.C14H9ClN2O2/c1-9-18-13-8-21(4-3-14(13)20(9)2)15-6-10(16)5-12-11(15)7-17-19-12;1-10(21)19(2)12-3-5-20(6-4-12)15-8-11(16)7-14-13(15)9-17-18-14;1-9-5-10(3-4-15(9)21(2,19)20)12-6-11(16)7-14-13(12)8-17-18-14;1-9(20)17-11-2-4-19(5-3-11)14-7-10(15)6-13-12(14)8-16-18-13;15-10-5-11(12-7-16-17-13(12)6-10)8-1-3-9(4-2-8)14(18)19/h5-7H,3-4,8H2,1-2H3,(H,17,19);7-9,12H,3-6H2,1-2H3,(H,17,18);3-8H,1-2H3,(H,17,18);6-8,11H,2-5H2,1H3,(H,16,18)(H,17,20);1-7H,(H,16,17)(H,18,19). The van der Waals surface area contributed by atoms with Crippen LogP contribution in [0.5, 0.6) is 0 Å². The summed E-state index contributed by atoms with van der Waals surface area (Å²) < 4.78 is 25.6. The molecule has 0 saturated carbocycles.